The van der Waals surface area contributed by atoms with Gasteiger partial charge >= 0.3 is 0 Å². The smallest absolute Gasteiger partial charge is 0.254 e. The molecule has 7 nitrogen and oxygen atoms in total. The number of ether oxygens (including phenoxy) is 2. The van der Waals surface area contributed by atoms with Crippen molar-refractivity contribution in [1.82, 2.24) is 9.21 Å². The zero-order valence-electron chi connectivity index (χ0n) is 19.9. The Morgan fingerprint density at radius 2 is 1.59 bits per heavy atom. The van der Waals surface area contributed by atoms with Crippen LogP contribution in [0.3, 0.4) is 0 Å². The van der Waals surface area contributed by atoms with Crippen LogP contribution in [0.15, 0.2) is 77.7 Å². The molecule has 1 amide bonds. The summed E-state index contributed by atoms with van der Waals surface area (Å²) in [4.78, 5) is 14.8. The minimum absolute atomic E-state index is 0.0400. The molecule has 0 atom stereocenters. The molecule has 8 heteroatoms. The van der Waals surface area contributed by atoms with E-state index in [-0.39, 0.29) is 22.1 Å². The van der Waals surface area contributed by atoms with Crippen LogP contribution in [0.25, 0.3) is 0 Å². The van der Waals surface area contributed by atoms with Crippen molar-refractivity contribution in [3.63, 3.8) is 0 Å². The molecule has 34 heavy (non-hydrogen) atoms. The maximum atomic E-state index is 13.2. The fraction of sp³-hybridized carbons (Fsp3) is 0.269. The Balaban J connectivity index is 1.73. The summed E-state index contributed by atoms with van der Waals surface area (Å²) in [5, 5.41) is 0. The maximum absolute atomic E-state index is 13.2. The van der Waals surface area contributed by atoms with E-state index in [1.807, 2.05) is 61.5 Å². The van der Waals surface area contributed by atoms with E-state index >= 15 is 0 Å². The summed E-state index contributed by atoms with van der Waals surface area (Å²) in [7, 11) is 0.505. The monoisotopic (exact) mass is 482 g/mol. The lowest BCUT2D eigenvalue weighted by molar-refractivity contribution is 0.0752. The van der Waals surface area contributed by atoms with Crippen molar-refractivity contribution in [1.29, 1.82) is 0 Å². The molecule has 0 N–H and O–H groups in total. The van der Waals surface area contributed by atoms with Crippen molar-refractivity contribution < 1.29 is 22.7 Å². The molecular weight excluding hydrogens is 452 g/mol. The first-order chi connectivity index (χ1) is 16.3. The molecule has 0 heterocycles. The quantitative estimate of drug-likeness (QED) is 0.433. The average molecular weight is 483 g/mol. The van der Waals surface area contributed by atoms with Gasteiger partial charge in [-0.25, -0.2) is 12.7 Å². The van der Waals surface area contributed by atoms with Crippen molar-refractivity contribution in [3.05, 3.63) is 89.5 Å². The number of benzene rings is 3. The highest BCUT2D eigenvalue weighted by molar-refractivity contribution is 7.89. The van der Waals surface area contributed by atoms with Gasteiger partial charge in [0.05, 0.1) is 7.11 Å². The van der Waals surface area contributed by atoms with Gasteiger partial charge < -0.3 is 14.4 Å². The van der Waals surface area contributed by atoms with Crippen molar-refractivity contribution in [3.8, 4) is 11.5 Å². The van der Waals surface area contributed by atoms with E-state index in [4.69, 9.17) is 9.47 Å². The SMILES string of the molecule is CCN(Cc1ccc(OCc2ccccc2)cc1)C(=O)c1ccc(OC)c(S(=O)(=O)N(C)C)c1. The molecular formula is C26H30N2O5S. The second-order valence-electron chi connectivity index (χ2n) is 7.89. The summed E-state index contributed by atoms with van der Waals surface area (Å²) >= 11 is 0. The molecule has 0 unspecified atom stereocenters. The molecule has 0 saturated carbocycles. The highest BCUT2D eigenvalue weighted by Crippen LogP contribution is 2.27. The molecule has 0 bridgehead atoms. The Labute approximate surface area is 201 Å². The van der Waals surface area contributed by atoms with E-state index in [9.17, 15) is 13.2 Å². The summed E-state index contributed by atoms with van der Waals surface area (Å²) in [6.07, 6.45) is 0. The first-order valence-electron chi connectivity index (χ1n) is 10.9. The number of amides is 1. The Morgan fingerprint density at radius 3 is 2.18 bits per heavy atom. The summed E-state index contributed by atoms with van der Waals surface area (Å²) < 4.78 is 37.5. The van der Waals surface area contributed by atoms with Crippen LogP contribution in [0.1, 0.15) is 28.4 Å². The van der Waals surface area contributed by atoms with Crippen LogP contribution in [0.2, 0.25) is 0 Å². The van der Waals surface area contributed by atoms with Crippen LogP contribution in [0.5, 0.6) is 11.5 Å². The molecule has 0 aliphatic carbocycles. The number of carbonyl (C=O) groups is 1. The highest BCUT2D eigenvalue weighted by atomic mass is 32.2. The molecule has 0 aromatic heterocycles. The maximum Gasteiger partial charge on any atom is 0.254 e. The third-order valence-corrected chi connectivity index (χ3v) is 7.22. The largest absolute Gasteiger partial charge is 0.495 e. The average Bonchev–Trinajstić information content (AvgIpc) is 2.86. The zero-order chi connectivity index (χ0) is 24.7. The van der Waals surface area contributed by atoms with Gasteiger partial charge in [-0.1, -0.05) is 42.5 Å². The van der Waals surface area contributed by atoms with E-state index in [1.54, 1.807) is 11.0 Å². The topological polar surface area (TPSA) is 76.1 Å². The lowest BCUT2D eigenvalue weighted by Gasteiger charge is -2.22. The molecule has 3 aromatic rings. The third-order valence-electron chi connectivity index (χ3n) is 5.38. The molecule has 0 aliphatic rings. The number of nitrogens with zero attached hydrogens (tertiary/aromatic N) is 2. The number of hydrogen-bond acceptors (Lipinski definition) is 5. The highest BCUT2D eigenvalue weighted by Gasteiger charge is 2.25. The molecule has 0 fully saturated rings. The number of methoxy groups -OCH3 is 1. The number of sulfonamides is 1. The zero-order valence-corrected chi connectivity index (χ0v) is 20.7. The van der Waals surface area contributed by atoms with E-state index in [0.717, 1.165) is 21.2 Å². The minimum atomic E-state index is -3.77. The van der Waals surface area contributed by atoms with Gasteiger partial charge in [-0.3, -0.25) is 4.79 Å². The first kappa shape index (κ1) is 25.3. The molecule has 0 radical (unpaired) electrons. The van der Waals surface area contributed by atoms with Crippen molar-refractivity contribution in [2.24, 2.45) is 0 Å². The second kappa shape index (κ2) is 11.2. The van der Waals surface area contributed by atoms with Crippen molar-refractivity contribution in [2.45, 2.75) is 25.0 Å². The van der Waals surface area contributed by atoms with Crippen LogP contribution in [0.4, 0.5) is 0 Å². The van der Waals surface area contributed by atoms with Crippen LogP contribution in [0, 0.1) is 0 Å². The fourth-order valence-electron chi connectivity index (χ4n) is 3.37. The van der Waals surface area contributed by atoms with E-state index in [2.05, 4.69) is 0 Å². The molecule has 0 saturated heterocycles. The summed E-state index contributed by atoms with van der Waals surface area (Å²) in [5.74, 6) is 0.680. The molecule has 3 aromatic carbocycles. The Hall–Kier alpha value is -3.36. The predicted octanol–water partition coefficient (Wildman–Crippen LogP) is 4.19. The van der Waals surface area contributed by atoms with Crippen LogP contribution in [-0.2, 0) is 23.2 Å². The second-order valence-corrected chi connectivity index (χ2v) is 10.0. The van der Waals surface area contributed by atoms with E-state index in [0.29, 0.717) is 19.7 Å². The minimum Gasteiger partial charge on any atom is -0.495 e. The number of hydrogen-bond donors (Lipinski definition) is 0. The summed E-state index contributed by atoms with van der Waals surface area (Å²) in [5.41, 5.74) is 2.31. The Morgan fingerprint density at radius 1 is 0.912 bits per heavy atom. The lowest BCUT2D eigenvalue weighted by atomic mass is 10.1. The van der Waals surface area contributed by atoms with Crippen molar-refractivity contribution in [2.75, 3.05) is 27.7 Å². The van der Waals surface area contributed by atoms with Gasteiger partial charge in [0.2, 0.25) is 10.0 Å². The van der Waals surface area contributed by atoms with Crippen LogP contribution in [-0.4, -0.2) is 51.3 Å². The third kappa shape index (κ3) is 5.95. The molecule has 3 rings (SSSR count). The lowest BCUT2D eigenvalue weighted by Crippen LogP contribution is -2.30. The van der Waals surface area contributed by atoms with Gasteiger partial charge in [0.15, 0.2) is 0 Å². The van der Waals surface area contributed by atoms with Crippen molar-refractivity contribution >= 4 is 15.9 Å². The standard InChI is InChI=1S/C26H30N2O5S/c1-5-28(18-20-11-14-23(15-12-20)33-19-21-9-7-6-8-10-21)26(29)22-13-16-24(32-4)25(17-22)34(30,31)27(2)3/h6-17H,5,18-19H2,1-4H3. The van der Waals surface area contributed by atoms with Gasteiger partial charge in [0, 0.05) is 32.7 Å². The molecule has 0 aliphatic heterocycles. The summed E-state index contributed by atoms with van der Waals surface area (Å²) in [6.45, 7) is 3.22. The van der Waals surface area contributed by atoms with Crippen LogP contribution >= 0.6 is 0 Å². The van der Waals surface area contributed by atoms with Gasteiger partial charge in [0.25, 0.3) is 5.91 Å². The normalized spacial score (nSPS) is 11.3. The van der Waals surface area contributed by atoms with Gasteiger partial charge in [0.1, 0.15) is 23.0 Å². The molecule has 0 spiro atoms. The van der Waals surface area contributed by atoms with Gasteiger partial charge in [-0.05, 0) is 48.4 Å². The molecule has 180 valence electrons. The van der Waals surface area contributed by atoms with E-state index < -0.39 is 10.0 Å². The predicted molar refractivity (Wildman–Crippen MR) is 131 cm³/mol. The van der Waals surface area contributed by atoms with Crippen LogP contribution < -0.4 is 9.47 Å². The fourth-order valence-corrected chi connectivity index (χ4v) is 4.45. The number of carbonyl (C=O) groups excluding carboxylic acids is 1. The Bertz CT molecular complexity index is 1210. The Kier molecular flexibility index (Phi) is 8.31. The number of rotatable bonds is 10. The summed E-state index contributed by atoms with van der Waals surface area (Å²) in [6, 6.07) is 22.0. The van der Waals surface area contributed by atoms with Gasteiger partial charge in [-0.2, -0.15) is 0 Å². The van der Waals surface area contributed by atoms with E-state index in [1.165, 1.54) is 33.3 Å². The first-order valence-corrected chi connectivity index (χ1v) is 12.4. The van der Waals surface area contributed by atoms with Gasteiger partial charge in [-0.15, -0.1) is 0 Å².